The molecule has 1 unspecified atom stereocenters. The van der Waals surface area contributed by atoms with Crippen molar-refractivity contribution >= 4 is 39.8 Å². The molecular formula is C14H21ClN2O3S2. The Morgan fingerprint density at radius 2 is 2.14 bits per heavy atom. The van der Waals surface area contributed by atoms with Gasteiger partial charge in [-0.05, 0) is 33.6 Å². The van der Waals surface area contributed by atoms with E-state index in [-0.39, 0.29) is 11.3 Å². The normalized spacial score (nSPS) is 18.3. The fraction of sp³-hybridized carbons (Fsp3) is 0.714. The van der Waals surface area contributed by atoms with Crippen molar-refractivity contribution in [1.29, 1.82) is 0 Å². The average Bonchev–Trinajstić information content (AvgIpc) is 2.82. The first-order chi connectivity index (χ1) is 10.2. The molecule has 1 fully saturated rings. The molecule has 0 radical (unpaired) electrons. The molecule has 0 aliphatic carbocycles. The van der Waals surface area contributed by atoms with Crippen molar-refractivity contribution in [2.24, 2.45) is 0 Å². The van der Waals surface area contributed by atoms with Crippen LogP contribution in [0.1, 0.15) is 38.5 Å². The van der Waals surface area contributed by atoms with Gasteiger partial charge in [0.15, 0.2) is 4.47 Å². The molecule has 2 heterocycles. The van der Waals surface area contributed by atoms with Crippen LogP contribution in [0.4, 0.5) is 4.79 Å². The molecule has 5 nitrogen and oxygen atoms in total. The predicted molar refractivity (Wildman–Crippen MR) is 89.8 cm³/mol. The van der Waals surface area contributed by atoms with E-state index in [1.54, 1.807) is 11.1 Å². The molecule has 1 aromatic rings. The Morgan fingerprint density at radius 1 is 1.50 bits per heavy atom. The molecule has 1 atom stereocenters. The number of likely N-dealkylation sites (tertiary alicyclic amines) is 1. The van der Waals surface area contributed by atoms with E-state index in [0.29, 0.717) is 23.3 Å². The van der Waals surface area contributed by atoms with Crippen LogP contribution in [-0.4, -0.2) is 44.1 Å². The van der Waals surface area contributed by atoms with Gasteiger partial charge in [-0.3, -0.25) is 4.21 Å². The summed E-state index contributed by atoms with van der Waals surface area (Å²) in [4.78, 5) is 18.6. The Bertz CT molecular complexity index is 549. The molecule has 2 rings (SSSR count). The maximum atomic E-state index is 12.4. The molecule has 1 saturated heterocycles. The second-order valence-corrected chi connectivity index (χ2v) is 9.69. The van der Waals surface area contributed by atoms with Crippen LogP contribution in [0.5, 0.6) is 0 Å². The van der Waals surface area contributed by atoms with Crippen LogP contribution in [0.3, 0.4) is 0 Å². The number of piperidine rings is 1. The van der Waals surface area contributed by atoms with Crippen molar-refractivity contribution in [3.8, 4) is 0 Å². The number of amides is 1. The summed E-state index contributed by atoms with van der Waals surface area (Å²) in [5.41, 5.74) is -0.484. The molecule has 1 amide bonds. The quantitative estimate of drug-likeness (QED) is 0.824. The monoisotopic (exact) mass is 364 g/mol. The molecule has 0 N–H and O–H groups in total. The van der Waals surface area contributed by atoms with Gasteiger partial charge in [-0.1, -0.05) is 11.6 Å². The van der Waals surface area contributed by atoms with Gasteiger partial charge >= 0.3 is 6.09 Å². The van der Waals surface area contributed by atoms with Gasteiger partial charge in [0.2, 0.25) is 0 Å². The van der Waals surface area contributed by atoms with E-state index in [1.807, 2.05) is 20.8 Å². The molecule has 0 bridgehead atoms. The van der Waals surface area contributed by atoms with Gasteiger partial charge in [-0.15, -0.1) is 11.3 Å². The molecule has 8 heteroatoms. The third-order valence-corrected chi connectivity index (χ3v) is 6.38. The van der Waals surface area contributed by atoms with E-state index in [2.05, 4.69) is 4.98 Å². The minimum absolute atomic E-state index is 0.111. The van der Waals surface area contributed by atoms with Crippen molar-refractivity contribution in [1.82, 2.24) is 9.88 Å². The fourth-order valence-corrected chi connectivity index (χ4v) is 4.92. The zero-order valence-electron chi connectivity index (χ0n) is 13.0. The highest BCUT2D eigenvalue weighted by Gasteiger charge is 2.29. The Hall–Kier alpha value is -0.660. The largest absolute Gasteiger partial charge is 0.444 e. The number of carbonyl (C=O) groups excluding carboxylic acids is 1. The van der Waals surface area contributed by atoms with E-state index in [0.717, 1.165) is 17.7 Å². The first kappa shape index (κ1) is 17.7. The van der Waals surface area contributed by atoms with Gasteiger partial charge in [-0.2, -0.15) is 0 Å². The van der Waals surface area contributed by atoms with Crippen molar-refractivity contribution in [2.45, 2.75) is 50.2 Å². The summed E-state index contributed by atoms with van der Waals surface area (Å²) in [6.07, 6.45) is 2.86. The Morgan fingerprint density at radius 3 is 2.64 bits per heavy atom. The van der Waals surface area contributed by atoms with Crippen LogP contribution < -0.4 is 0 Å². The predicted octanol–water partition coefficient (Wildman–Crippen LogP) is 3.44. The van der Waals surface area contributed by atoms with Gasteiger partial charge in [0.05, 0.1) is 5.75 Å². The first-order valence-electron chi connectivity index (χ1n) is 7.20. The van der Waals surface area contributed by atoms with Crippen LogP contribution in [0.15, 0.2) is 6.20 Å². The molecule has 0 aromatic carbocycles. The summed E-state index contributed by atoms with van der Waals surface area (Å²) in [5.74, 6) is 0.488. The number of thiazole rings is 1. The summed E-state index contributed by atoms with van der Waals surface area (Å²) in [6, 6.07) is 0. The van der Waals surface area contributed by atoms with E-state index >= 15 is 0 Å². The van der Waals surface area contributed by atoms with Gasteiger partial charge in [0.1, 0.15) is 5.60 Å². The standard InChI is InChI=1S/C14H21ClN2O3S2/c1-14(2,3)20-13(18)17-6-4-11(5-7-17)22(19)9-10-8-16-12(15)21-10/h8,11H,4-7,9H2,1-3H3. The van der Waals surface area contributed by atoms with Crippen molar-refractivity contribution in [2.75, 3.05) is 13.1 Å². The van der Waals surface area contributed by atoms with Crippen molar-refractivity contribution in [3.63, 3.8) is 0 Å². The van der Waals surface area contributed by atoms with Crippen LogP contribution in [0.25, 0.3) is 0 Å². The number of rotatable bonds is 3. The number of hydrogen-bond acceptors (Lipinski definition) is 5. The molecule has 22 heavy (non-hydrogen) atoms. The summed E-state index contributed by atoms with van der Waals surface area (Å²) in [6.45, 7) is 6.75. The minimum Gasteiger partial charge on any atom is -0.444 e. The molecule has 124 valence electrons. The van der Waals surface area contributed by atoms with Crippen LogP contribution in [-0.2, 0) is 21.3 Å². The van der Waals surface area contributed by atoms with Gasteiger partial charge in [-0.25, -0.2) is 9.78 Å². The summed E-state index contributed by atoms with van der Waals surface area (Å²) in [7, 11) is -0.958. The lowest BCUT2D eigenvalue weighted by Gasteiger charge is -2.33. The number of ether oxygens (including phenoxy) is 1. The zero-order valence-corrected chi connectivity index (χ0v) is 15.4. The van der Waals surface area contributed by atoms with Crippen LogP contribution in [0.2, 0.25) is 4.47 Å². The minimum atomic E-state index is -0.958. The molecule has 1 aliphatic heterocycles. The summed E-state index contributed by atoms with van der Waals surface area (Å²) in [5, 5.41) is 0.111. The number of hydrogen-bond donors (Lipinski definition) is 0. The molecular weight excluding hydrogens is 344 g/mol. The highest BCUT2D eigenvalue weighted by Crippen LogP contribution is 2.24. The topological polar surface area (TPSA) is 59.5 Å². The zero-order chi connectivity index (χ0) is 16.3. The highest BCUT2D eigenvalue weighted by atomic mass is 35.5. The maximum absolute atomic E-state index is 12.4. The van der Waals surface area contributed by atoms with Crippen molar-refractivity contribution < 1.29 is 13.7 Å². The van der Waals surface area contributed by atoms with E-state index < -0.39 is 16.4 Å². The lowest BCUT2D eigenvalue weighted by Crippen LogP contribution is -2.43. The van der Waals surface area contributed by atoms with Gasteiger partial charge in [0.25, 0.3) is 0 Å². The van der Waals surface area contributed by atoms with Crippen LogP contribution in [0, 0.1) is 0 Å². The first-order valence-corrected chi connectivity index (χ1v) is 9.77. The number of carbonyl (C=O) groups is 1. The second-order valence-electron chi connectivity index (χ2n) is 6.27. The smallest absolute Gasteiger partial charge is 0.410 e. The van der Waals surface area contributed by atoms with Gasteiger partial charge < -0.3 is 9.64 Å². The molecule has 0 saturated carbocycles. The fourth-order valence-electron chi connectivity index (χ4n) is 2.24. The number of nitrogens with zero attached hydrogens (tertiary/aromatic N) is 2. The second kappa shape index (κ2) is 7.27. The number of aromatic nitrogens is 1. The van der Waals surface area contributed by atoms with E-state index in [1.165, 1.54) is 11.3 Å². The van der Waals surface area contributed by atoms with Crippen LogP contribution >= 0.6 is 22.9 Å². The Balaban J connectivity index is 1.81. The Kier molecular flexibility index (Phi) is 5.85. The van der Waals surface area contributed by atoms with Gasteiger partial charge in [0, 0.05) is 40.2 Å². The lowest BCUT2D eigenvalue weighted by atomic mass is 10.1. The summed E-state index contributed by atoms with van der Waals surface area (Å²) < 4.78 is 18.2. The number of halogens is 1. The Labute approximate surface area is 142 Å². The lowest BCUT2D eigenvalue weighted by molar-refractivity contribution is 0.0218. The SMILES string of the molecule is CC(C)(C)OC(=O)N1CCC(S(=O)Cc2cnc(Cl)s2)CC1. The third kappa shape index (κ3) is 5.21. The van der Waals surface area contributed by atoms with E-state index in [4.69, 9.17) is 16.3 Å². The van der Waals surface area contributed by atoms with Crippen molar-refractivity contribution in [3.05, 3.63) is 15.5 Å². The molecule has 1 aliphatic rings. The van der Waals surface area contributed by atoms with E-state index in [9.17, 15) is 9.00 Å². The molecule has 0 spiro atoms. The maximum Gasteiger partial charge on any atom is 0.410 e. The molecule has 1 aromatic heterocycles. The summed E-state index contributed by atoms with van der Waals surface area (Å²) >= 11 is 7.16. The highest BCUT2D eigenvalue weighted by molar-refractivity contribution is 7.85. The average molecular weight is 365 g/mol. The third-order valence-electron chi connectivity index (χ3n) is 3.28.